The lowest BCUT2D eigenvalue weighted by Gasteiger charge is -2.11. The van der Waals surface area contributed by atoms with Crippen molar-refractivity contribution in [2.24, 2.45) is 0 Å². The van der Waals surface area contributed by atoms with Crippen LogP contribution in [0, 0.1) is 19.7 Å². The molecule has 4 aromatic rings. The van der Waals surface area contributed by atoms with Crippen molar-refractivity contribution in [3.8, 4) is 11.4 Å². The van der Waals surface area contributed by atoms with Crippen LogP contribution in [0.1, 0.15) is 27.7 Å². The number of aromatic nitrogens is 2. The summed E-state index contributed by atoms with van der Waals surface area (Å²) in [5.74, 6) is 0.446. The maximum Gasteiger partial charge on any atom is 0.291 e. The summed E-state index contributed by atoms with van der Waals surface area (Å²) >= 11 is 0. The maximum atomic E-state index is 13.0. The molecule has 1 N–H and O–H groups in total. The van der Waals surface area contributed by atoms with Gasteiger partial charge in [0.05, 0.1) is 17.1 Å². The quantitative estimate of drug-likeness (QED) is 0.487. The molecule has 30 heavy (non-hydrogen) atoms. The molecule has 4 rings (SSSR count). The van der Waals surface area contributed by atoms with Crippen LogP contribution in [0.3, 0.4) is 0 Å². The van der Waals surface area contributed by atoms with Gasteiger partial charge in [-0.05, 0) is 68.4 Å². The summed E-state index contributed by atoms with van der Waals surface area (Å²) in [4.78, 5) is 12.7. The Labute approximate surface area is 172 Å². The van der Waals surface area contributed by atoms with Crippen LogP contribution in [0.15, 0.2) is 71.1 Å². The number of hydrogen-bond acceptors (Lipinski definition) is 4. The molecule has 0 aliphatic rings. The number of carbonyl (C=O) groups excluding carboxylic acids is 1. The Hall–Kier alpha value is -3.87. The van der Waals surface area contributed by atoms with E-state index in [4.69, 9.17) is 9.15 Å². The molecule has 2 aromatic heterocycles. The molecule has 6 nitrogen and oxygen atoms in total. The number of nitrogens with zero attached hydrogens (tertiary/aromatic N) is 2. The molecule has 0 aliphatic heterocycles. The van der Waals surface area contributed by atoms with E-state index in [0.717, 1.165) is 17.1 Å². The summed E-state index contributed by atoms with van der Waals surface area (Å²) < 4.78 is 25.9. The van der Waals surface area contributed by atoms with Gasteiger partial charge in [0.25, 0.3) is 5.91 Å². The SMILES string of the molecule is Cc1cc(C)n(-c2ccccc2NC(=O)c2ccc(COc3ccc(F)cc3)o2)n1. The fourth-order valence-corrected chi connectivity index (χ4v) is 3.08. The van der Waals surface area contributed by atoms with Gasteiger partial charge in [0.2, 0.25) is 0 Å². The van der Waals surface area contributed by atoms with Crippen molar-refractivity contribution in [1.82, 2.24) is 9.78 Å². The largest absolute Gasteiger partial charge is 0.486 e. The molecule has 0 radical (unpaired) electrons. The number of hydrogen-bond donors (Lipinski definition) is 1. The van der Waals surface area contributed by atoms with E-state index in [0.29, 0.717) is 17.2 Å². The number of ether oxygens (including phenoxy) is 1. The van der Waals surface area contributed by atoms with Crippen LogP contribution < -0.4 is 10.1 Å². The van der Waals surface area contributed by atoms with Gasteiger partial charge in [0.1, 0.15) is 23.9 Å². The maximum absolute atomic E-state index is 13.0. The summed E-state index contributed by atoms with van der Waals surface area (Å²) in [6, 6.07) is 18.4. The van der Waals surface area contributed by atoms with Gasteiger partial charge < -0.3 is 14.5 Å². The minimum Gasteiger partial charge on any atom is -0.486 e. The third-order valence-corrected chi connectivity index (χ3v) is 4.47. The molecule has 0 fully saturated rings. The van der Waals surface area contributed by atoms with Crippen LogP contribution >= 0.6 is 0 Å². The van der Waals surface area contributed by atoms with Gasteiger partial charge in [-0.3, -0.25) is 4.79 Å². The minimum atomic E-state index is -0.378. The first-order chi connectivity index (χ1) is 14.5. The normalized spacial score (nSPS) is 10.8. The van der Waals surface area contributed by atoms with Crippen molar-refractivity contribution in [3.63, 3.8) is 0 Å². The van der Waals surface area contributed by atoms with Crippen molar-refractivity contribution >= 4 is 11.6 Å². The number of rotatable bonds is 6. The van der Waals surface area contributed by atoms with Gasteiger partial charge in [-0.2, -0.15) is 5.10 Å². The topological polar surface area (TPSA) is 69.3 Å². The fourth-order valence-electron chi connectivity index (χ4n) is 3.08. The number of halogens is 1. The number of nitrogens with one attached hydrogen (secondary N) is 1. The number of furan rings is 1. The van der Waals surface area contributed by atoms with E-state index < -0.39 is 0 Å². The van der Waals surface area contributed by atoms with E-state index in [1.807, 2.05) is 44.2 Å². The number of benzene rings is 2. The second-order valence-corrected chi connectivity index (χ2v) is 6.82. The van der Waals surface area contributed by atoms with Gasteiger partial charge in [-0.1, -0.05) is 12.1 Å². The van der Waals surface area contributed by atoms with Crippen LogP contribution in [0.5, 0.6) is 5.75 Å². The van der Waals surface area contributed by atoms with E-state index in [-0.39, 0.29) is 24.1 Å². The Morgan fingerprint density at radius 3 is 2.60 bits per heavy atom. The number of para-hydroxylation sites is 2. The van der Waals surface area contributed by atoms with Crippen molar-refractivity contribution in [3.05, 3.63) is 95.5 Å². The van der Waals surface area contributed by atoms with Gasteiger partial charge >= 0.3 is 0 Å². The Balaban J connectivity index is 1.46. The summed E-state index contributed by atoms with van der Waals surface area (Å²) in [6.45, 7) is 4.00. The Morgan fingerprint density at radius 2 is 1.87 bits per heavy atom. The van der Waals surface area contributed by atoms with Gasteiger partial charge in [0, 0.05) is 5.69 Å². The molecule has 0 saturated heterocycles. The first kappa shape index (κ1) is 19.4. The van der Waals surface area contributed by atoms with Gasteiger partial charge in [0.15, 0.2) is 5.76 Å². The average molecular weight is 405 g/mol. The van der Waals surface area contributed by atoms with Crippen molar-refractivity contribution < 1.29 is 18.3 Å². The van der Waals surface area contributed by atoms with E-state index in [9.17, 15) is 9.18 Å². The first-order valence-electron chi connectivity index (χ1n) is 9.41. The summed E-state index contributed by atoms with van der Waals surface area (Å²) in [5.41, 5.74) is 3.25. The van der Waals surface area contributed by atoms with Gasteiger partial charge in [-0.25, -0.2) is 9.07 Å². The van der Waals surface area contributed by atoms with Gasteiger partial charge in [-0.15, -0.1) is 0 Å². The average Bonchev–Trinajstić information content (AvgIpc) is 3.34. The van der Waals surface area contributed by atoms with Crippen LogP contribution in [0.4, 0.5) is 10.1 Å². The molecule has 2 heterocycles. The Kier molecular flexibility index (Phi) is 5.34. The fraction of sp³-hybridized carbons (Fsp3) is 0.130. The molecular formula is C23H20FN3O3. The second kappa shape index (κ2) is 8.24. The Morgan fingerprint density at radius 1 is 1.10 bits per heavy atom. The molecule has 0 spiro atoms. The lowest BCUT2D eigenvalue weighted by atomic mass is 10.2. The zero-order valence-electron chi connectivity index (χ0n) is 16.6. The lowest BCUT2D eigenvalue weighted by molar-refractivity contribution is 0.0992. The van der Waals surface area contributed by atoms with E-state index >= 15 is 0 Å². The molecule has 0 unspecified atom stereocenters. The molecule has 0 saturated carbocycles. The molecule has 2 aromatic carbocycles. The third kappa shape index (κ3) is 4.25. The van der Waals surface area contributed by atoms with E-state index in [1.54, 1.807) is 16.8 Å². The lowest BCUT2D eigenvalue weighted by Crippen LogP contribution is -2.14. The predicted octanol–water partition coefficient (Wildman–Crippen LogP) is 5.05. The second-order valence-electron chi connectivity index (χ2n) is 6.82. The minimum absolute atomic E-state index is 0.126. The smallest absolute Gasteiger partial charge is 0.291 e. The van der Waals surface area contributed by atoms with Crippen LogP contribution in [0.2, 0.25) is 0 Å². The highest BCUT2D eigenvalue weighted by molar-refractivity contribution is 6.03. The van der Waals surface area contributed by atoms with Crippen molar-refractivity contribution in [2.45, 2.75) is 20.5 Å². The predicted molar refractivity (Wildman–Crippen MR) is 110 cm³/mol. The molecular weight excluding hydrogens is 385 g/mol. The standard InChI is InChI=1S/C23H20FN3O3/c1-15-13-16(2)27(26-15)21-6-4-3-5-20(21)25-23(28)22-12-11-19(30-22)14-29-18-9-7-17(24)8-10-18/h3-13H,14H2,1-2H3,(H,25,28). The zero-order valence-corrected chi connectivity index (χ0v) is 16.6. The monoisotopic (exact) mass is 405 g/mol. The van der Waals surface area contributed by atoms with Crippen molar-refractivity contribution in [1.29, 1.82) is 0 Å². The molecule has 7 heteroatoms. The number of amides is 1. The van der Waals surface area contributed by atoms with E-state index in [2.05, 4.69) is 10.4 Å². The third-order valence-electron chi connectivity index (χ3n) is 4.47. The Bertz CT molecular complexity index is 1180. The van der Waals surface area contributed by atoms with Crippen LogP contribution in [-0.4, -0.2) is 15.7 Å². The number of carbonyl (C=O) groups is 1. The highest BCUT2D eigenvalue weighted by atomic mass is 19.1. The molecule has 0 bridgehead atoms. The van der Waals surface area contributed by atoms with E-state index in [1.165, 1.54) is 24.3 Å². The highest BCUT2D eigenvalue weighted by Crippen LogP contribution is 2.23. The molecule has 0 atom stereocenters. The summed E-state index contributed by atoms with van der Waals surface area (Å²) in [7, 11) is 0. The zero-order chi connectivity index (χ0) is 21.1. The molecule has 152 valence electrons. The summed E-state index contributed by atoms with van der Waals surface area (Å²) in [6.07, 6.45) is 0. The number of aryl methyl sites for hydroxylation is 2. The van der Waals surface area contributed by atoms with Crippen LogP contribution in [0.25, 0.3) is 5.69 Å². The molecule has 0 aliphatic carbocycles. The van der Waals surface area contributed by atoms with Crippen molar-refractivity contribution in [2.75, 3.05) is 5.32 Å². The highest BCUT2D eigenvalue weighted by Gasteiger charge is 2.15. The first-order valence-corrected chi connectivity index (χ1v) is 9.41. The summed E-state index contributed by atoms with van der Waals surface area (Å²) in [5, 5.41) is 7.36. The van der Waals surface area contributed by atoms with Crippen LogP contribution in [-0.2, 0) is 6.61 Å². The number of anilines is 1. The molecule has 1 amide bonds.